The second-order valence-corrected chi connectivity index (χ2v) is 7.54. The minimum Gasteiger partial charge on any atom is -0.349 e. The van der Waals surface area contributed by atoms with Gasteiger partial charge in [-0.3, -0.25) is 9.69 Å². The van der Waals surface area contributed by atoms with Gasteiger partial charge < -0.3 is 10.2 Å². The fraction of sp³-hybridized carbons (Fsp3) is 0.444. The van der Waals surface area contributed by atoms with Gasteiger partial charge in [-0.25, -0.2) is 4.98 Å². The van der Waals surface area contributed by atoms with Gasteiger partial charge in [-0.2, -0.15) is 0 Å². The zero-order valence-electron chi connectivity index (χ0n) is 14.2. The second kappa shape index (κ2) is 7.88. The first-order valence-corrected chi connectivity index (χ1v) is 9.11. The molecule has 24 heavy (non-hydrogen) atoms. The maximum Gasteiger partial charge on any atom is 0.242 e. The van der Waals surface area contributed by atoms with Crippen molar-refractivity contribution in [2.45, 2.75) is 19.5 Å². The molecule has 0 saturated carbocycles. The van der Waals surface area contributed by atoms with Crippen LogP contribution in [0.1, 0.15) is 21.5 Å². The van der Waals surface area contributed by atoms with Gasteiger partial charge in [0.05, 0.1) is 11.6 Å². The number of likely N-dealkylation sites (N-methyl/N-ethyl adjacent to an activating group) is 1. The Morgan fingerprint density at radius 1 is 1.25 bits per heavy atom. The van der Waals surface area contributed by atoms with Crippen LogP contribution < -0.4 is 5.32 Å². The smallest absolute Gasteiger partial charge is 0.242 e. The lowest BCUT2D eigenvalue weighted by molar-refractivity contribution is -0.127. The van der Waals surface area contributed by atoms with E-state index in [4.69, 9.17) is 0 Å². The first kappa shape index (κ1) is 17.1. The molecule has 0 spiro atoms. The van der Waals surface area contributed by atoms with Gasteiger partial charge in [-0.05, 0) is 19.5 Å². The fourth-order valence-electron chi connectivity index (χ4n) is 3.00. The molecule has 1 N–H and O–H groups in total. The molecule has 5 nitrogen and oxygen atoms in total. The summed E-state index contributed by atoms with van der Waals surface area (Å²) in [4.78, 5) is 22.8. The van der Waals surface area contributed by atoms with Crippen molar-refractivity contribution < 1.29 is 4.79 Å². The van der Waals surface area contributed by atoms with E-state index in [0.717, 1.165) is 41.6 Å². The van der Waals surface area contributed by atoms with E-state index >= 15 is 0 Å². The third kappa shape index (κ3) is 4.20. The Morgan fingerprint density at radius 3 is 2.58 bits per heavy atom. The third-order valence-electron chi connectivity index (χ3n) is 4.37. The molecule has 1 atom stereocenters. The molecule has 1 saturated heterocycles. The molecule has 1 unspecified atom stereocenters. The first-order valence-electron chi connectivity index (χ1n) is 8.30. The number of carbonyl (C=O) groups excluding carboxylic acids is 1. The van der Waals surface area contributed by atoms with Gasteiger partial charge in [0.25, 0.3) is 0 Å². The average molecular weight is 344 g/mol. The van der Waals surface area contributed by atoms with E-state index in [1.807, 2.05) is 43.5 Å². The summed E-state index contributed by atoms with van der Waals surface area (Å²) in [5, 5.41) is 4.12. The van der Waals surface area contributed by atoms with Crippen LogP contribution in [0, 0.1) is 6.92 Å². The summed E-state index contributed by atoms with van der Waals surface area (Å²) in [6.45, 7) is 6.32. The van der Waals surface area contributed by atoms with Gasteiger partial charge in [-0.15, -0.1) is 11.3 Å². The molecule has 1 fully saturated rings. The van der Waals surface area contributed by atoms with Crippen LogP contribution in [-0.4, -0.2) is 53.9 Å². The average Bonchev–Trinajstić information content (AvgIpc) is 3.01. The second-order valence-electron chi connectivity index (χ2n) is 6.22. The number of amides is 1. The lowest BCUT2D eigenvalue weighted by atomic mass is 10.0. The molecule has 2 aromatic rings. The molecule has 0 bridgehead atoms. The highest BCUT2D eigenvalue weighted by Crippen LogP contribution is 2.22. The lowest BCUT2D eigenvalue weighted by Gasteiger charge is -2.37. The third-order valence-corrected chi connectivity index (χ3v) is 5.29. The monoisotopic (exact) mass is 344 g/mol. The predicted octanol–water partition coefficient (Wildman–Crippen LogP) is 2.06. The number of aryl methyl sites for hydroxylation is 1. The molecule has 128 valence electrons. The molecule has 6 heteroatoms. The number of thiazole rings is 1. The lowest BCUT2D eigenvalue weighted by Crippen LogP contribution is -2.49. The highest BCUT2D eigenvalue weighted by atomic mass is 32.1. The van der Waals surface area contributed by atoms with E-state index in [9.17, 15) is 4.79 Å². The number of nitrogens with one attached hydrogen (secondary N) is 1. The molecule has 0 aliphatic carbocycles. The van der Waals surface area contributed by atoms with Crippen LogP contribution in [0.15, 0.2) is 36.5 Å². The minimum absolute atomic E-state index is 0.0665. The number of nitrogens with zero attached hydrogens (tertiary/aromatic N) is 3. The van der Waals surface area contributed by atoms with Gasteiger partial charge in [0, 0.05) is 37.3 Å². The Balaban J connectivity index is 1.72. The Bertz CT molecular complexity index is 665. The van der Waals surface area contributed by atoms with Crippen molar-refractivity contribution >= 4 is 17.2 Å². The van der Waals surface area contributed by atoms with Crippen molar-refractivity contribution in [2.75, 3.05) is 33.2 Å². The molecule has 1 aromatic heterocycles. The van der Waals surface area contributed by atoms with Crippen molar-refractivity contribution in [2.24, 2.45) is 0 Å². The van der Waals surface area contributed by atoms with Crippen molar-refractivity contribution in [1.29, 1.82) is 0 Å². The molecule has 2 heterocycles. The minimum atomic E-state index is -0.228. The topological polar surface area (TPSA) is 48.5 Å². The van der Waals surface area contributed by atoms with Crippen molar-refractivity contribution in [3.8, 4) is 0 Å². The van der Waals surface area contributed by atoms with Gasteiger partial charge in [0.1, 0.15) is 6.04 Å². The van der Waals surface area contributed by atoms with E-state index in [-0.39, 0.29) is 11.9 Å². The van der Waals surface area contributed by atoms with Crippen molar-refractivity contribution in [1.82, 2.24) is 20.1 Å². The van der Waals surface area contributed by atoms with Crippen LogP contribution in [0.3, 0.4) is 0 Å². The Labute approximate surface area is 147 Å². The number of hydrogen-bond donors (Lipinski definition) is 1. The van der Waals surface area contributed by atoms with E-state index < -0.39 is 0 Å². The summed E-state index contributed by atoms with van der Waals surface area (Å²) in [5.74, 6) is 0.0665. The van der Waals surface area contributed by atoms with E-state index in [1.165, 1.54) is 0 Å². The van der Waals surface area contributed by atoms with E-state index in [2.05, 4.69) is 27.1 Å². The first-order chi connectivity index (χ1) is 11.6. The maximum atomic E-state index is 12.9. The molecule has 1 amide bonds. The number of rotatable bonds is 5. The summed E-state index contributed by atoms with van der Waals surface area (Å²) >= 11 is 1.63. The zero-order chi connectivity index (χ0) is 16.9. The quantitative estimate of drug-likeness (QED) is 0.902. The normalized spacial score (nSPS) is 17.6. The predicted molar refractivity (Wildman–Crippen MR) is 97.0 cm³/mol. The van der Waals surface area contributed by atoms with Crippen LogP contribution in [0.2, 0.25) is 0 Å². The van der Waals surface area contributed by atoms with Gasteiger partial charge in [0.2, 0.25) is 5.91 Å². The number of hydrogen-bond acceptors (Lipinski definition) is 5. The number of benzene rings is 1. The zero-order valence-corrected chi connectivity index (χ0v) is 15.1. The van der Waals surface area contributed by atoms with Crippen LogP contribution in [0.5, 0.6) is 0 Å². The summed E-state index contributed by atoms with van der Waals surface area (Å²) < 4.78 is 0. The largest absolute Gasteiger partial charge is 0.349 e. The molecular formula is C18H24N4OS. The van der Waals surface area contributed by atoms with Crippen molar-refractivity contribution in [3.05, 3.63) is 52.0 Å². The van der Waals surface area contributed by atoms with Crippen LogP contribution in [-0.2, 0) is 11.3 Å². The van der Waals surface area contributed by atoms with E-state index in [1.54, 1.807) is 11.3 Å². The van der Waals surface area contributed by atoms with Gasteiger partial charge in [0.15, 0.2) is 0 Å². The van der Waals surface area contributed by atoms with Crippen LogP contribution in [0.4, 0.5) is 0 Å². The van der Waals surface area contributed by atoms with Gasteiger partial charge >= 0.3 is 0 Å². The summed E-state index contributed by atoms with van der Waals surface area (Å²) in [6, 6.07) is 9.84. The number of aromatic nitrogens is 1. The molecule has 1 aromatic carbocycles. The Hall–Kier alpha value is -1.76. The standard InChI is InChI=1S/C18H24N4OS/c1-14-19-12-16(24-14)13-20-18(23)17(15-6-4-3-5-7-15)22-10-8-21(2)9-11-22/h3-7,12,17H,8-11,13H2,1-2H3,(H,20,23). The summed E-state index contributed by atoms with van der Waals surface area (Å²) in [7, 11) is 2.13. The summed E-state index contributed by atoms with van der Waals surface area (Å²) in [5.41, 5.74) is 1.06. The Morgan fingerprint density at radius 2 is 1.96 bits per heavy atom. The number of piperazine rings is 1. The fourth-order valence-corrected chi connectivity index (χ4v) is 3.74. The summed E-state index contributed by atoms with van der Waals surface area (Å²) in [6.07, 6.45) is 1.84. The molecule has 3 rings (SSSR count). The van der Waals surface area contributed by atoms with Crippen LogP contribution in [0.25, 0.3) is 0 Å². The van der Waals surface area contributed by atoms with E-state index in [0.29, 0.717) is 6.54 Å². The van der Waals surface area contributed by atoms with Gasteiger partial charge in [-0.1, -0.05) is 30.3 Å². The maximum absolute atomic E-state index is 12.9. The molecule has 1 aliphatic rings. The highest BCUT2D eigenvalue weighted by Gasteiger charge is 2.29. The number of carbonyl (C=O) groups is 1. The SMILES string of the molecule is Cc1ncc(CNC(=O)C(c2ccccc2)N2CCN(C)CC2)s1. The molecule has 0 radical (unpaired) electrons. The van der Waals surface area contributed by atoms with Crippen molar-refractivity contribution in [3.63, 3.8) is 0 Å². The molecular weight excluding hydrogens is 320 g/mol. The molecule has 1 aliphatic heterocycles. The highest BCUT2D eigenvalue weighted by molar-refractivity contribution is 7.11. The Kier molecular flexibility index (Phi) is 5.60. The van der Waals surface area contributed by atoms with Crippen LogP contribution >= 0.6 is 11.3 Å².